The van der Waals surface area contributed by atoms with Crippen molar-refractivity contribution >= 4 is 29.1 Å². The molecule has 2 atom stereocenters. The molecule has 2 aromatic rings. The molecule has 7 nitrogen and oxygen atoms in total. The fourth-order valence-electron chi connectivity index (χ4n) is 3.51. The predicted molar refractivity (Wildman–Crippen MR) is 104 cm³/mol. The Bertz CT molecular complexity index is 856. The van der Waals surface area contributed by atoms with Crippen LogP contribution in [0, 0.1) is 0 Å². The van der Waals surface area contributed by atoms with E-state index in [1.165, 1.54) is 6.07 Å². The second-order valence-electron chi connectivity index (χ2n) is 6.73. The molecule has 0 saturated carbocycles. The van der Waals surface area contributed by atoms with Crippen molar-refractivity contribution < 1.29 is 24.1 Å². The molecule has 1 unspecified atom stereocenters. The third-order valence-corrected chi connectivity index (χ3v) is 5.14. The average Bonchev–Trinajstić information content (AvgIpc) is 2.72. The summed E-state index contributed by atoms with van der Waals surface area (Å²) in [6, 6.07) is 8.28. The third-order valence-electron chi connectivity index (χ3n) is 4.85. The quantitative estimate of drug-likeness (QED) is 0.809. The van der Waals surface area contributed by atoms with E-state index in [0.29, 0.717) is 35.5 Å². The number of pyridine rings is 1. The van der Waals surface area contributed by atoms with Gasteiger partial charge in [-0.05, 0) is 43.5 Å². The number of halogens is 1. The summed E-state index contributed by atoms with van der Waals surface area (Å²) in [5.41, 5.74) is 0.703. The van der Waals surface area contributed by atoms with E-state index in [-0.39, 0.29) is 24.5 Å². The highest BCUT2D eigenvalue weighted by Crippen LogP contribution is 2.42. The summed E-state index contributed by atoms with van der Waals surface area (Å²) in [6.45, 7) is 1.29. The fraction of sp³-hybridized carbons (Fsp3) is 0.400. The number of hydrogen-bond donors (Lipinski definition) is 1. The lowest BCUT2D eigenvalue weighted by Gasteiger charge is -2.39. The first-order valence-electron chi connectivity index (χ1n) is 9.27. The number of aromatic nitrogens is 1. The Morgan fingerprint density at radius 1 is 1.32 bits per heavy atom. The molecule has 0 aliphatic carbocycles. The molecule has 1 fully saturated rings. The monoisotopic (exact) mass is 404 g/mol. The minimum Gasteiger partial charge on any atom is -0.488 e. The molecule has 2 aliphatic heterocycles. The van der Waals surface area contributed by atoms with Crippen LogP contribution < -0.4 is 9.64 Å². The molecule has 2 aliphatic rings. The zero-order chi connectivity index (χ0) is 19.5. The summed E-state index contributed by atoms with van der Waals surface area (Å²) >= 11 is 6.41. The van der Waals surface area contributed by atoms with Crippen molar-refractivity contribution in [2.24, 2.45) is 0 Å². The van der Waals surface area contributed by atoms with Crippen molar-refractivity contribution in [3.05, 3.63) is 47.1 Å². The van der Waals surface area contributed by atoms with E-state index in [0.717, 1.165) is 19.3 Å². The molecule has 0 bridgehead atoms. The molecule has 1 saturated heterocycles. The topological polar surface area (TPSA) is 81.1 Å². The lowest BCUT2D eigenvalue weighted by molar-refractivity contribution is -0.165. The number of ether oxygens (including phenoxy) is 3. The molecular formula is C20H21ClN2O5. The van der Waals surface area contributed by atoms with Crippen LogP contribution in [0.1, 0.15) is 29.6 Å². The summed E-state index contributed by atoms with van der Waals surface area (Å²) in [6.07, 6.45) is 4.40. The minimum atomic E-state index is -1.05. The first-order valence-corrected chi connectivity index (χ1v) is 9.65. The Kier molecular flexibility index (Phi) is 5.66. The summed E-state index contributed by atoms with van der Waals surface area (Å²) < 4.78 is 17.5. The number of benzene rings is 1. The van der Waals surface area contributed by atoms with Crippen LogP contribution in [-0.4, -0.2) is 48.2 Å². The summed E-state index contributed by atoms with van der Waals surface area (Å²) in [7, 11) is 0. The molecule has 4 rings (SSSR count). The number of hydrogen-bond acceptors (Lipinski definition) is 6. The van der Waals surface area contributed by atoms with Crippen molar-refractivity contribution in [3.63, 3.8) is 0 Å². The predicted octanol–water partition coefficient (Wildman–Crippen LogP) is 3.88. The van der Waals surface area contributed by atoms with Gasteiger partial charge in [-0.25, -0.2) is 9.78 Å². The van der Waals surface area contributed by atoms with E-state index in [9.17, 15) is 9.90 Å². The van der Waals surface area contributed by atoms with Crippen LogP contribution in [0.4, 0.5) is 11.5 Å². The SMILES string of the molecule is O=C(O)c1cccc2c1OCC(CO[C@H]1CCCCO1)N2c1ncccc1Cl. The lowest BCUT2D eigenvalue weighted by Crippen LogP contribution is -2.45. The Balaban J connectivity index is 1.68. The molecular weight excluding hydrogens is 384 g/mol. The van der Waals surface area contributed by atoms with Crippen molar-refractivity contribution in [1.29, 1.82) is 0 Å². The van der Waals surface area contributed by atoms with Crippen LogP contribution >= 0.6 is 11.6 Å². The number of anilines is 2. The zero-order valence-electron chi connectivity index (χ0n) is 15.2. The zero-order valence-corrected chi connectivity index (χ0v) is 16.0. The van der Waals surface area contributed by atoms with Crippen LogP contribution in [0.3, 0.4) is 0 Å². The van der Waals surface area contributed by atoms with Crippen LogP contribution in [0.2, 0.25) is 5.02 Å². The Morgan fingerprint density at radius 3 is 2.96 bits per heavy atom. The van der Waals surface area contributed by atoms with Crippen molar-refractivity contribution in [2.75, 3.05) is 24.7 Å². The van der Waals surface area contributed by atoms with Gasteiger partial charge in [0.05, 0.1) is 23.4 Å². The summed E-state index contributed by atoms with van der Waals surface area (Å²) in [4.78, 5) is 17.9. The number of para-hydroxylation sites is 1. The van der Waals surface area contributed by atoms with Crippen LogP contribution in [0.25, 0.3) is 0 Å². The van der Waals surface area contributed by atoms with Crippen LogP contribution in [-0.2, 0) is 9.47 Å². The molecule has 3 heterocycles. The minimum absolute atomic E-state index is 0.101. The molecule has 1 aromatic heterocycles. The highest BCUT2D eigenvalue weighted by atomic mass is 35.5. The maximum atomic E-state index is 11.6. The molecule has 28 heavy (non-hydrogen) atoms. The van der Waals surface area contributed by atoms with Gasteiger partial charge in [0, 0.05) is 12.8 Å². The maximum absolute atomic E-state index is 11.6. The Hall–Kier alpha value is -2.35. The van der Waals surface area contributed by atoms with Gasteiger partial charge in [-0.1, -0.05) is 17.7 Å². The van der Waals surface area contributed by atoms with E-state index in [4.69, 9.17) is 25.8 Å². The van der Waals surface area contributed by atoms with Gasteiger partial charge >= 0.3 is 5.97 Å². The highest BCUT2D eigenvalue weighted by Gasteiger charge is 2.34. The molecule has 148 valence electrons. The average molecular weight is 405 g/mol. The standard InChI is InChI=1S/C20H21ClN2O5/c21-15-6-4-9-22-19(15)23-13(11-27-17-8-1-2-10-26-17)12-28-18-14(20(24)25)5-3-7-16(18)23/h3-7,9,13,17H,1-2,8,10-12H2,(H,24,25)/t13?,17-/m0/s1. The molecule has 8 heteroatoms. The van der Waals surface area contributed by atoms with E-state index in [2.05, 4.69) is 4.98 Å². The first-order chi connectivity index (χ1) is 13.6. The normalized spacial score (nSPS) is 21.7. The van der Waals surface area contributed by atoms with Gasteiger partial charge in [-0.2, -0.15) is 0 Å². The molecule has 0 spiro atoms. The highest BCUT2D eigenvalue weighted by molar-refractivity contribution is 6.33. The van der Waals surface area contributed by atoms with Gasteiger partial charge in [0.2, 0.25) is 0 Å². The van der Waals surface area contributed by atoms with E-state index >= 15 is 0 Å². The summed E-state index contributed by atoms with van der Waals surface area (Å²) in [5.74, 6) is -0.203. The van der Waals surface area contributed by atoms with Crippen molar-refractivity contribution in [2.45, 2.75) is 31.6 Å². The fourth-order valence-corrected chi connectivity index (χ4v) is 3.72. The third kappa shape index (κ3) is 3.78. The number of carboxylic acids is 1. The van der Waals surface area contributed by atoms with Gasteiger partial charge in [-0.3, -0.25) is 0 Å². The number of rotatable bonds is 5. The van der Waals surface area contributed by atoms with E-state index in [1.807, 2.05) is 4.90 Å². The van der Waals surface area contributed by atoms with Crippen LogP contribution in [0.5, 0.6) is 5.75 Å². The number of aromatic carboxylic acids is 1. The van der Waals surface area contributed by atoms with Gasteiger partial charge in [0.15, 0.2) is 17.9 Å². The largest absolute Gasteiger partial charge is 0.488 e. The lowest BCUT2D eigenvalue weighted by atomic mass is 10.1. The van der Waals surface area contributed by atoms with E-state index in [1.54, 1.807) is 30.5 Å². The molecule has 1 aromatic carbocycles. The van der Waals surface area contributed by atoms with Crippen molar-refractivity contribution in [3.8, 4) is 5.75 Å². The smallest absolute Gasteiger partial charge is 0.339 e. The second kappa shape index (κ2) is 8.34. The maximum Gasteiger partial charge on any atom is 0.339 e. The number of carbonyl (C=O) groups is 1. The van der Waals surface area contributed by atoms with Gasteiger partial charge in [-0.15, -0.1) is 0 Å². The van der Waals surface area contributed by atoms with E-state index < -0.39 is 5.97 Å². The molecule has 1 N–H and O–H groups in total. The second-order valence-corrected chi connectivity index (χ2v) is 7.14. The Morgan fingerprint density at radius 2 is 2.21 bits per heavy atom. The Labute approximate surface area is 167 Å². The van der Waals surface area contributed by atoms with Crippen molar-refractivity contribution in [1.82, 2.24) is 4.98 Å². The summed E-state index contributed by atoms with van der Waals surface area (Å²) in [5, 5.41) is 9.98. The first kappa shape index (κ1) is 19.0. The van der Waals surface area contributed by atoms with Gasteiger partial charge < -0.3 is 24.2 Å². The molecule has 0 amide bonds. The number of nitrogens with zero attached hydrogens (tertiary/aromatic N) is 2. The number of carboxylic acid groups (broad SMARTS) is 1. The number of fused-ring (bicyclic) bond motifs is 1. The molecule has 0 radical (unpaired) electrons. The van der Waals surface area contributed by atoms with Gasteiger partial charge in [0.25, 0.3) is 0 Å². The van der Waals surface area contributed by atoms with Crippen LogP contribution in [0.15, 0.2) is 36.5 Å². The van der Waals surface area contributed by atoms with Gasteiger partial charge in [0.1, 0.15) is 12.2 Å².